The number of benzene rings is 3. The molecule has 0 radical (unpaired) electrons. The molecule has 4 rings (SSSR count). The van der Waals surface area contributed by atoms with Gasteiger partial charge in [0.1, 0.15) is 11.9 Å². The van der Waals surface area contributed by atoms with E-state index in [0.717, 1.165) is 12.2 Å². The molecule has 0 aromatic heterocycles. The van der Waals surface area contributed by atoms with Crippen LogP contribution < -0.4 is 10.1 Å². The number of likely N-dealkylation sites (N-methyl/N-ethyl adjacent to an activating group) is 1. The molecule has 1 aliphatic carbocycles. The average Bonchev–Trinajstić information content (AvgIpc) is 3.06. The molecule has 2 unspecified atom stereocenters. The van der Waals surface area contributed by atoms with Crippen molar-refractivity contribution >= 4 is 5.78 Å². The van der Waals surface area contributed by atoms with Crippen LogP contribution in [0.25, 0.3) is 0 Å². The molecule has 2 atom stereocenters. The molecule has 0 heterocycles. The van der Waals surface area contributed by atoms with Gasteiger partial charge in [-0.2, -0.15) is 0 Å². The largest absolute Gasteiger partial charge is 0.484 e. The minimum Gasteiger partial charge on any atom is -0.484 e. The molecule has 26 heavy (non-hydrogen) atoms. The zero-order valence-electron chi connectivity index (χ0n) is 14.7. The molecule has 0 saturated heterocycles. The van der Waals surface area contributed by atoms with Crippen LogP contribution in [-0.4, -0.2) is 18.9 Å². The summed E-state index contributed by atoms with van der Waals surface area (Å²) in [5, 5.41) is 3.35. The average molecular weight is 343 g/mol. The van der Waals surface area contributed by atoms with Gasteiger partial charge in [0.15, 0.2) is 5.78 Å². The molecule has 0 spiro atoms. The summed E-state index contributed by atoms with van der Waals surface area (Å²) in [6, 6.07) is 25.4. The van der Waals surface area contributed by atoms with E-state index in [2.05, 4.69) is 29.6 Å². The van der Waals surface area contributed by atoms with Gasteiger partial charge in [-0.1, -0.05) is 54.6 Å². The first-order valence-electron chi connectivity index (χ1n) is 8.88. The summed E-state index contributed by atoms with van der Waals surface area (Å²) in [7, 11) is 1.97. The van der Waals surface area contributed by atoms with E-state index in [1.165, 1.54) is 11.1 Å². The van der Waals surface area contributed by atoms with E-state index >= 15 is 0 Å². The van der Waals surface area contributed by atoms with Gasteiger partial charge in [0.05, 0.1) is 6.04 Å². The third-order valence-corrected chi connectivity index (χ3v) is 4.95. The number of fused-ring (bicyclic) bond motifs is 1. The van der Waals surface area contributed by atoms with Crippen molar-refractivity contribution < 1.29 is 9.53 Å². The number of nitrogens with one attached hydrogen (secondary N) is 1. The van der Waals surface area contributed by atoms with Crippen LogP contribution in [0.15, 0.2) is 78.9 Å². The third kappa shape index (κ3) is 3.14. The van der Waals surface area contributed by atoms with Gasteiger partial charge in [-0.25, -0.2) is 0 Å². The van der Waals surface area contributed by atoms with Crippen molar-refractivity contribution in [2.75, 3.05) is 7.05 Å². The molecule has 130 valence electrons. The number of hydrogen-bond acceptors (Lipinski definition) is 3. The van der Waals surface area contributed by atoms with Crippen LogP contribution in [-0.2, 0) is 6.42 Å². The Morgan fingerprint density at radius 3 is 2.27 bits per heavy atom. The summed E-state index contributed by atoms with van der Waals surface area (Å²) in [5.74, 6) is 0.799. The third-order valence-electron chi connectivity index (χ3n) is 4.95. The van der Waals surface area contributed by atoms with Gasteiger partial charge in [-0.3, -0.25) is 4.79 Å². The van der Waals surface area contributed by atoms with Crippen molar-refractivity contribution in [1.82, 2.24) is 5.32 Å². The summed E-state index contributed by atoms with van der Waals surface area (Å²) >= 11 is 0. The Balaban J connectivity index is 1.54. The van der Waals surface area contributed by atoms with Gasteiger partial charge in [0.2, 0.25) is 0 Å². The minimum absolute atomic E-state index is 0.0214. The molecule has 3 aromatic carbocycles. The Bertz CT molecular complexity index is 903. The molecule has 3 aromatic rings. The van der Waals surface area contributed by atoms with E-state index in [1.54, 1.807) is 0 Å². The summed E-state index contributed by atoms with van der Waals surface area (Å²) in [6.07, 6.45) is 0.939. The lowest BCUT2D eigenvalue weighted by molar-refractivity contribution is 0.103. The quantitative estimate of drug-likeness (QED) is 0.706. The summed E-state index contributed by atoms with van der Waals surface area (Å²) in [6.45, 7) is 0. The molecule has 0 amide bonds. The second kappa shape index (κ2) is 7.14. The van der Waals surface area contributed by atoms with Crippen LogP contribution in [0.5, 0.6) is 5.75 Å². The second-order valence-corrected chi connectivity index (χ2v) is 6.56. The van der Waals surface area contributed by atoms with Gasteiger partial charge in [-0.15, -0.1) is 0 Å². The number of carbonyl (C=O) groups excluding carboxylic acids is 1. The number of rotatable bonds is 5. The molecule has 1 N–H and O–H groups in total. The van der Waals surface area contributed by atoms with Crippen molar-refractivity contribution in [2.24, 2.45) is 0 Å². The maximum Gasteiger partial charge on any atom is 0.193 e. The second-order valence-electron chi connectivity index (χ2n) is 6.56. The highest BCUT2D eigenvalue weighted by molar-refractivity contribution is 6.08. The smallest absolute Gasteiger partial charge is 0.193 e. The molecule has 3 heteroatoms. The Morgan fingerprint density at radius 2 is 1.54 bits per heavy atom. The first-order chi connectivity index (χ1) is 12.8. The predicted molar refractivity (Wildman–Crippen MR) is 103 cm³/mol. The van der Waals surface area contributed by atoms with Gasteiger partial charge in [0.25, 0.3) is 0 Å². The van der Waals surface area contributed by atoms with Crippen molar-refractivity contribution in [2.45, 2.75) is 18.6 Å². The fourth-order valence-electron chi connectivity index (χ4n) is 3.55. The minimum atomic E-state index is -0.0214. The Labute approximate surface area is 153 Å². The Morgan fingerprint density at radius 1 is 0.885 bits per heavy atom. The van der Waals surface area contributed by atoms with E-state index in [0.29, 0.717) is 11.1 Å². The molecule has 0 saturated carbocycles. The molecular formula is C23H21NO2. The van der Waals surface area contributed by atoms with Gasteiger partial charge in [-0.05, 0) is 48.9 Å². The number of carbonyl (C=O) groups is 1. The highest BCUT2D eigenvalue weighted by Gasteiger charge is 2.32. The first-order valence-corrected chi connectivity index (χ1v) is 8.88. The van der Waals surface area contributed by atoms with Crippen molar-refractivity contribution in [1.29, 1.82) is 0 Å². The van der Waals surface area contributed by atoms with E-state index in [4.69, 9.17) is 4.74 Å². The molecule has 3 nitrogen and oxygen atoms in total. The predicted octanol–water partition coefficient (Wildman–Crippen LogP) is 4.18. The molecule has 0 bridgehead atoms. The first kappa shape index (κ1) is 16.6. The van der Waals surface area contributed by atoms with Crippen LogP contribution in [0.3, 0.4) is 0 Å². The van der Waals surface area contributed by atoms with Crippen LogP contribution >= 0.6 is 0 Å². The normalized spacial score (nSPS) is 18.3. The lowest BCUT2D eigenvalue weighted by Crippen LogP contribution is -2.32. The maximum atomic E-state index is 12.5. The fourth-order valence-corrected chi connectivity index (χ4v) is 3.55. The summed E-state index contributed by atoms with van der Waals surface area (Å²) < 4.78 is 6.27. The lowest BCUT2D eigenvalue weighted by atomic mass is 10.0. The van der Waals surface area contributed by atoms with E-state index < -0.39 is 0 Å². The summed E-state index contributed by atoms with van der Waals surface area (Å²) in [5.41, 5.74) is 3.92. The van der Waals surface area contributed by atoms with Gasteiger partial charge >= 0.3 is 0 Å². The van der Waals surface area contributed by atoms with Crippen molar-refractivity contribution in [3.8, 4) is 5.75 Å². The molecular weight excluding hydrogens is 322 g/mol. The highest BCUT2D eigenvalue weighted by Crippen LogP contribution is 2.35. The number of hydrogen-bond donors (Lipinski definition) is 1. The van der Waals surface area contributed by atoms with E-state index in [9.17, 15) is 4.79 Å². The molecule has 0 fully saturated rings. The van der Waals surface area contributed by atoms with Crippen molar-refractivity contribution in [3.63, 3.8) is 0 Å². The number of ether oxygens (including phenoxy) is 1. The summed E-state index contributed by atoms with van der Waals surface area (Å²) in [4.78, 5) is 12.5. The van der Waals surface area contributed by atoms with Gasteiger partial charge in [0, 0.05) is 11.1 Å². The Hall–Kier alpha value is -2.91. The lowest BCUT2D eigenvalue weighted by Gasteiger charge is -2.22. The highest BCUT2D eigenvalue weighted by atomic mass is 16.5. The zero-order valence-corrected chi connectivity index (χ0v) is 14.7. The number of ketones is 1. The van der Waals surface area contributed by atoms with Crippen LogP contribution in [0, 0.1) is 0 Å². The van der Waals surface area contributed by atoms with Crippen LogP contribution in [0.2, 0.25) is 0 Å². The standard InChI is InChI=1S/C23H21NO2/c1-24-21-15-18-9-5-6-10-20(18)23(21)26-19-13-11-17(12-14-19)22(25)16-7-3-2-4-8-16/h2-14,21,23-24H,15H2,1H3. The SMILES string of the molecule is CNC1Cc2ccccc2C1Oc1ccc(C(=O)c2ccccc2)cc1. The van der Waals surface area contributed by atoms with Gasteiger partial charge < -0.3 is 10.1 Å². The molecule has 1 aliphatic rings. The maximum absolute atomic E-state index is 12.5. The zero-order chi connectivity index (χ0) is 17.9. The van der Waals surface area contributed by atoms with Crippen LogP contribution in [0.4, 0.5) is 0 Å². The fraction of sp³-hybridized carbons (Fsp3) is 0.174. The Kier molecular flexibility index (Phi) is 4.55. The monoisotopic (exact) mass is 343 g/mol. The van der Waals surface area contributed by atoms with E-state index in [1.807, 2.05) is 61.6 Å². The molecule has 0 aliphatic heterocycles. The van der Waals surface area contributed by atoms with E-state index in [-0.39, 0.29) is 17.9 Å². The van der Waals surface area contributed by atoms with Crippen molar-refractivity contribution in [3.05, 3.63) is 101 Å². The van der Waals surface area contributed by atoms with Crippen LogP contribution in [0.1, 0.15) is 33.2 Å². The topological polar surface area (TPSA) is 38.3 Å².